The highest BCUT2D eigenvalue weighted by atomic mass is 35.5. The Morgan fingerprint density at radius 2 is 2.06 bits per heavy atom. The maximum Gasteiger partial charge on any atom is 0.141 e. The van der Waals surface area contributed by atoms with Crippen LogP contribution in [0.1, 0.15) is 17.5 Å². The predicted octanol–water partition coefficient (Wildman–Crippen LogP) is 2.17. The fourth-order valence-electron chi connectivity index (χ4n) is 2.28. The molecule has 0 aliphatic heterocycles. The third-order valence-electron chi connectivity index (χ3n) is 3.07. The maximum absolute atomic E-state index is 6.15. The lowest BCUT2D eigenvalue weighted by Crippen LogP contribution is -2.28. The minimum atomic E-state index is 0.185. The van der Waals surface area contributed by atoms with E-state index in [9.17, 15) is 0 Å². The van der Waals surface area contributed by atoms with Crippen molar-refractivity contribution in [3.8, 4) is 11.5 Å². The Kier molecular flexibility index (Phi) is 3.26. The lowest BCUT2D eigenvalue weighted by atomic mass is 9.87. The molecule has 16 heavy (non-hydrogen) atoms. The van der Waals surface area contributed by atoms with Gasteiger partial charge in [-0.3, -0.25) is 0 Å². The Hall–Kier alpha value is -0.930. The first kappa shape index (κ1) is 11.6. The Bertz CT molecular complexity index is 406. The summed E-state index contributed by atoms with van der Waals surface area (Å²) in [6.07, 6.45) is 2.71. The van der Waals surface area contributed by atoms with Gasteiger partial charge in [-0.05, 0) is 19.3 Å². The standard InChI is InChI=1S/C12H16ClNO2/c1-15-11-6-10(13)12(16-2)9-5-7(14)3-4-8(9)11/h6-7H,3-5,14H2,1-2H3. The maximum atomic E-state index is 6.15. The van der Waals surface area contributed by atoms with Gasteiger partial charge in [-0.2, -0.15) is 0 Å². The van der Waals surface area contributed by atoms with Gasteiger partial charge in [0.2, 0.25) is 0 Å². The number of methoxy groups -OCH3 is 2. The van der Waals surface area contributed by atoms with E-state index in [1.54, 1.807) is 14.2 Å². The van der Waals surface area contributed by atoms with Crippen molar-refractivity contribution >= 4 is 11.6 Å². The SMILES string of the molecule is COc1cc(Cl)c(OC)c2c1CCC(N)C2. The van der Waals surface area contributed by atoms with Crippen LogP contribution in [0, 0.1) is 0 Å². The minimum absolute atomic E-state index is 0.185. The van der Waals surface area contributed by atoms with E-state index in [4.69, 9.17) is 26.8 Å². The highest BCUT2D eigenvalue weighted by Crippen LogP contribution is 2.40. The zero-order valence-electron chi connectivity index (χ0n) is 9.55. The summed E-state index contributed by atoms with van der Waals surface area (Å²) in [6.45, 7) is 0. The van der Waals surface area contributed by atoms with Gasteiger partial charge in [-0.25, -0.2) is 0 Å². The summed E-state index contributed by atoms with van der Waals surface area (Å²) in [7, 11) is 3.29. The van der Waals surface area contributed by atoms with Gasteiger partial charge in [0.15, 0.2) is 0 Å². The first-order chi connectivity index (χ1) is 7.67. The summed E-state index contributed by atoms with van der Waals surface area (Å²) in [4.78, 5) is 0. The summed E-state index contributed by atoms with van der Waals surface area (Å²) in [5.41, 5.74) is 8.26. The molecule has 0 saturated carbocycles. The van der Waals surface area contributed by atoms with Crippen LogP contribution in [0.2, 0.25) is 5.02 Å². The summed E-state index contributed by atoms with van der Waals surface area (Å²) >= 11 is 6.15. The number of hydrogen-bond donors (Lipinski definition) is 1. The highest BCUT2D eigenvalue weighted by Gasteiger charge is 2.24. The topological polar surface area (TPSA) is 44.5 Å². The molecule has 4 heteroatoms. The number of halogens is 1. The molecule has 1 unspecified atom stereocenters. The third kappa shape index (κ3) is 1.85. The van der Waals surface area contributed by atoms with Gasteiger partial charge >= 0.3 is 0 Å². The molecule has 1 aromatic carbocycles. The van der Waals surface area contributed by atoms with Gasteiger partial charge in [-0.1, -0.05) is 11.6 Å². The second kappa shape index (κ2) is 4.52. The van der Waals surface area contributed by atoms with E-state index in [1.165, 1.54) is 5.56 Å². The van der Waals surface area contributed by atoms with Crippen LogP contribution in [-0.4, -0.2) is 20.3 Å². The Labute approximate surface area is 100 Å². The van der Waals surface area contributed by atoms with Crippen molar-refractivity contribution in [3.63, 3.8) is 0 Å². The molecule has 1 atom stereocenters. The molecule has 2 rings (SSSR count). The lowest BCUT2D eigenvalue weighted by molar-refractivity contribution is 0.386. The van der Waals surface area contributed by atoms with Crippen LogP contribution in [0.3, 0.4) is 0 Å². The van der Waals surface area contributed by atoms with E-state index in [2.05, 4.69) is 0 Å². The molecule has 1 aliphatic rings. The molecule has 88 valence electrons. The number of fused-ring (bicyclic) bond motifs is 1. The van der Waals surface area contributed by atoms with Crippen LogP contribution in [0.4, 0.5) is 0 Å². The van der Waals surface area contributed by atoms with E-state index >= 15 is 0 Å². The number of hydrogen-bond acceptors (Lipinski definition) is 3. The Balaban J connectivity index is 2.58. The van der Waals surface area contributed by atoms with Crippen LogP contribution < -0.4 is 15.2 Å². The van der Waals surface area contributed by atoms with Crippen LogP contribution >= 0.6 is 11.6 Å². The molecule has 2 N–H and O–H groups in total. The quantitative estimate of drug-likeness (QED) is 0.863. The van der Waals surface area contributed by atoms with E-state index in [0.29, 0.717) is 5.02 Å². The van der Waals surface area contributed by atoms with Gasteiger partial charge < -0.3 is 15.2 Å². The lowest BCUT2D eigenvalue weighted by Gasteiger charge is -2.25. The van der Waals surface area contributed by atoms with Crippen molar-refractivity contribution in [3.05, 3.63) is 22.2 Å². The first-order valence-electron chi connectivity index (χ1n) is 5.35. The fourth-order valence-corrected chi connectivity index (χ4v) is 2.57. The summed E-state index contributed by atoms with van der Waals surface area (Å²) in [6, 6.07) is 2.00. The second-order valence-corrected chi connectivity index (χ2v) is 4.46. The summed E-state index contributed by atoms with van der Waals surface area (Å²) in [5, 5.41) is 0.590. The van der Waals surface area contributed by atoms with E-state index in [0.717, 1.165) is 36.3 Å². The Morgan fingerprint density at radius 1 is 1.31 bits per heavy atom. The van der Waals surface area contributed by atoms with Crippen LogP contribution in [-0.2, 0) is 12.8 Å². The molecule has 0 fully saturated rings. The van der Waals surface area contributed by atoms with Crippen LogP contribution in [0.25, 0.3) is 0 Å². The number of nitrogens with two attached hydrogens (primary N) is 1. The van der Waals surface area contributed by atoms with Gasteiger partial charge in [0.25, 0.3) is 0 Å². The summed E-state index contributed by atoms with van der Waals surface area (Å²) < 4.78 is 10.7. The van der Waals surface area contributed by atoms with Gasteiger partial charge in [0, 0.05) is 23.2 Å². The summed E-state index contributed by atoms with van der Waals surface area (Å²) in [5.74, 6) is 1.58. The van der Waals surface area contributed by atoms with Crippen LogP contribution in [0.5, 0.6) is 11.5 Å². The van der Waals surface area contributed by atoms with Crippen molar-refractivity contribution in [2.75, 3.05) is 14.2 Å². The largest absolute Gasteiger partial charge is 0.496 e. The van der Waals surface area contributed by atoms with Gasteiger partial charge in [0.05, 0.1) is 19.2 Å². The molecular weight excluding hydrogens is 226 g/mol. The molecule has 0 spiro atoms. The average Bonchev–Trinajstić information content (AvgIpc) is 2.27. The van der Waals surface area contributed by atoms with Crippen molar-refractivity contribution in [2.45, 2.75) is 25.3 Å². The van der Waals surface area contributed by atoms with Crippen LogP contribution in [0.15, 0.2) is 6.07 Å². The van der Waals surface area contributed by atoms with Crippen molar-refractivity contribution in [1.29, 1.82) is 0 Å². The smallest absolute Gasteiger partial charge is 0.141 e. The second-order valence-electron chi connectivity index (χ2n) is 4.05. The molecular formula is C12H16ClNO2. The number of rotatable bonds is 2. The molecule has 0 heterocycles. The fraction of sp³-hybridized carbons (Fsp3) is 0.500. The normalized spacial score (nSPS) is 19.1. The zero-order valence-corrected chi connectivity index (χ0v) is 10.3. The minimum Gasteiger partial charge on any atom is -0.496 e. The molecule has 0 bridgehead atoms. The van der Waals surface area contributed by atoms with E-state index in [-0.39, 0.29) is 6.04 Å². The molecule has 0 amide bonds. The van der Waals surface area contributed by atoms with Crippen molar-refractivity contribution < 1.29 is 9.47 Å². The molecule has 0 aromatic heterocycles. The van der Waals surface area contributed by atoms with Gasteiger partial charge in [0.1, 0.15) is 11.5 Å². The number of ether oxygens (including phenoxy) is 2. The molecule has 3 nitrogen and oxygen atoms in total. The molecule has 1 aliphatic carbocycles. The molecule has 0 radical (unpaired) electrons. The highest BCUT2D eigenvalue weighted by molar-refractivity contribution is 6.32. The Morgan fingerprint density at radius 3 is 2.69 bits per heavy atom. The average molecular weight is 242 g/mol. The van der Waals surface area contributed by atoms with Crippen molar-refractivity contribution in [2.24, 2.45) is 5.73 Å². The zero-order chi connectivity index (χ0) is 11.7. The predicted molar refractivity (Wildman–Crippen MR) is 64.6 cm³/mol. The van der Waals surface area contributed by atoms with Crippen molar-refractivity contribution in [1.82, 2.24) is 0 Å². The molecule has 1 aromatic rings. The number of benzene rings is 1. The third-order valence-corrected chi connectivity index (χ3v) is 3.35. The van der Waals surface area contributed by atoms with E-state index in [1.807, 2.05) is 6.07 Å². The van der Waals surface area contributed by atoms with E-state index < -0.39 is 0 Å². The monoisotopic (exact) mass is 241 g/mol. The first-order valence-corrected chi connectivity index (χ1v) is 5.73. The van der Waals surface area contributed by atoms with Gasteiger partial charge in [-0.15, -0.1) is 0 Å². The molecule has 0 saturated heterocycles.